The highest BCUT2D eigenvalue weighted by molar-refractivity contribution is 6.10. The van der Waals surface area contributed by atoms with Crippen LogP contribution in [0.5, 0.6) is 0 Å². The highest BCUT2D eigenvalue weighted by Crippen LogP contribution is 2.49. The number of amidine groups is 2. The van der Waals surface area contributed by atoms with E-state index >= 15 is 0 Å². The topological polar surface area (TPSA) is 67.2 Å². The predicted octanol–water partition coefficient (Wildman–Crippen LogP) is 5.22. The van der Waals surface area contributed by atoms with E-state index < -0.39 is 0 Å². The number of aromatic nitrogens is 1. The summed E-state index contributed by atoms with van der Waals surface area (Å²) in [5.74, 6) is 0.901. The number of allylic oxidation sites excluding steroid dienone is 1. The van der Waals surface area contributed by atoms with Crippen molar-refractivity contribution >= 4 is 28.7 Å². The first kappa shape index (κ1) is 17.0. The van der Waals surface area contributed by atoms with Crippen molar-refractivity contribution in [1.82, 2.24) is 4.57 Å². The molecule has 1 aliphatic carbocycles. The van der Waals surface area contributed by atoms with E-state index in [0.29, 0.717) is 11.8 Å². The van der Waals surface area contributed by atoms with Crippen LogP contribution < -0.4 is 5.73 Å². The molecule has 0 bridgehead atoms. The SMILES string of the molecule is N=C(/N=C(\N)c1ccccc1)c1ccc2c(c1)-n1c3c(c4ccccc41)C=CCC23. The predicted molar refractivity (Wildman–Crippen MR) is 123 cm³/mol. The zero-order chi connectivity index (χ0) is 20.2. The molecule has 6 rings (SSSR count). The van der Waals surface area contributed by atoms with Crippen molar-refractivity contribution in [3.63, 3.8) is 0 Å². The lowest BCUT2D eigenvalue weighted by Crippen LogP contribution is -2.15. The summed E-state index contributed by atoms with van der Waals surface area (Å²) in [5, 5.41) is 9.83. The summed E-state index contributed by atoms with van der Waals surface area (Å²) in [6, 6.07) is 24.4. The Balaban J connectivity index is 1.48. The van der Waals surface area contributed by atoms with Gasteiger partial charge in [-0.15, -0.1) is 0 Å². The third-order valence-corrected chi connectivity index (χ3v) is 6.16. The summed E-state index contributed by atoms with van der Waals surface area (Å²) in [6.45, 7) is 0. The fourth-order valence-corrected chi connectivity index (χ4v) is 4.81. The van der Waals surface area contributed by atoms with Gasteiger partial charge in [-0.25, -0.2) is 4.99 Å². The molecule has 1 unspecified atom stereocenters. The summed E-state index contributed by atoms with van der Waals surface area (Å²) in [5.41, 5.74) is 14.1. The van der Waals surface area contributed by atoms with Gasteiger partial charge in [0.15, 0.2) is 5.84 Å². The third kappa shape index (κ3) is 2.34. The van der Waals surface area contributed by atoms with Crippen LogP contribution >= 0.6 is 0 Å². The van der Waals surface area contributed by atoms with Crippen LogP contribution in [0.2, 0.25) is 0 Å². The van der Waals surface area contributed by atoms with Crippen molar-refractivity contribution in [2.75, 3.05) is 0 Å². The van der Waals surface area contributed by atoms with Crippen molar-refractivity contribution in [3.8, 4) is 5.69 Å². The summed E-state index contributed by atoms with van der Waals surface area (Å²) in [4.78, 5) is 4.37. The van der Waals surface area contributed by atoms with E-state index in [-0.39, 0.29) is 5.84 Å². The molecule has 1 aromatic heterocycles. The quantitative estimate of drug-likeness (QED) is 0.359. The Morgan fingerprint density at radius 1 is 0.967 bits per heavy atom. The monoisotopic (exact) mass is 388 g/mol. The Labute approximate surface area is 174 Å². The van der Waals surface area contributed by atoms with Crippen molar-refractivity contribution in [1.29, 1.82) is 5.41 Å². The average Bonchev–Trinajstić information content (AvgIpc) is 3.31. The van der Waals surface area contributed by atoms with Gasteiger partial charge in [-0.05, 0) is 24.1 Å². The molecule has 3 aromatic carbocycles. The van der Waals surface area contributed by atoms with Gasteiger partial charge in [0.1, 0.15) is 5.84 Å². The maximum atomic E-state index is 8.54. The zero-order valence-corrected chi connectivity index (χ0v) is 16.3. The van der Waals surface area contributed by atoms with E-state index in [1.807, 2.05) is 36.4 Å². The first-order chi connectivity index (χ1) is 14.7. The molecule has 0 saturated heterocycles. The van der Waals surface area contributed by atoms with Crippen LogP contribution in [0.1, 0.15) is 40.3 Å². The maximum absolute atomic E-state index is 8.54. The smallest absolute Gasteiger partial charge is 0.154 e. The molecular weight excluding hydrogens is 368 g/mol. The fraction of sp³-hybridized carbons (Fsp3) is 0.0769. The highest BCUT2D eigenvalue weighted by Gasteiger charge is 2.34. The Hall–Kier alpha value is -3.92. The van der Waals surface area contributed by atoms with Crippen LogP contribution in [0, 0.1) is 5.41 Å². The Morgan fingerprint density at radius 3 is 2.63 bits per heavy atom. The van der Waals surface area contributed by atoms with Gasteiger partial charge in [0.2, 0.25) is 0 Å². The number of aliphatic imine (C=N–C) groups is 1. The van der Waals surface area contributed by atoms with Gasteiger partial charge in [0.05, 0.1) is 11.2 Å². The molecule has 0 amide bonds. The van der Waals surface area contributed by atoms with E-state index in [1.165, 1.54) is 27.7 Å². The molecule has 144 valence electrons. The number of para-hydroxylation sites is 1. The molecule has 4 nitrogen and oxygen atoms in total. The van der Waals surface area contributed by atoms with E-state index in [1.54, 1.807) is 0 Å². The number of rotatable bonds is 2. The largest absolute Gasteiger partial charge is 0.383 e. The second-order valence-corrected chi connectivity index (χ2v) is 7.83. The number of hydrogen-bond acceptors (Lipinski definition) is 1. The summed E-state index contributed by atoms with van der Waals surface area (Å²) >= 11 is 0. The third-order valence-electron chi connectivity index (χ3n) is 6.16. The lowest BCUT2D eigenvalue weighted by Gasteiger charge is -2.15. The Bertz CT molecular complexity index is 1390. The van der Waals surface area contributed by atoms with Crippen molar-refractivity contribution in [2.24, 2.45) is 10.7 Å². The molecule has 0 radical (unpaired) electrons. The van der Waals surface area contributed by atoms with Crippen LogP contribution in [0.4, 0.5) is 0 Å². The van der Waals surface area contributed by atoms with Gasteiger partial charge in [-0.2, -0.15) is 0 Å². The van der Waals surface area contributed by atoms with Gasteiger partial charge < -0.3 is 10.3 Å². The number of nitrogens with zero attached hydrogens (tertiary/aromatic N) is 2. The first-order valence-corrected chi connectivity index (χ1v) is 10.1. The van der Waals surface area contributed by atoms with Gasteiger partial charge >= 0.3 is 0 Å². The summed E-state index contributed by atoms with van der Waals surface area (Å²) < 4.78 is 2.37. The van der Waals surface area contributed by atoms with Crippen LogP contribution in [0.3, 0.4) is 0 Å². The minimum absolute atomic E-state index is 0.175. The molecule has 0 spiro atoms. The fourth-order valence-electron chi connectivity index (χ4n) is 4.81. The van der Waals surface area contributed by atoms with Gasteiger partial charge in [-0.3, -0.25) is 5.41 Å². The molecule has 4 heteroatoms. The van der Waals surface area contributed by atoms with Crippen molar-refractivity contribution in [3.05, 3.63) is 107 Å². The highest BCUT2D eigenvalue weighted by atomic mass is 15.0. The number of hydrogen-bond donors (Lipinski definition) is 2. The van der Waals surface area contributed by atoms with E-state index in [4.69, 9.17) is 11.1 Å². The molecule has 0 saturated carbocycles. The van der Waals surface area contributed by atoms with Crippen LogP contribution in [-0.4, -0.2) is 16.2 Å². The van der Waals surface area contributed by atoms with Crippen molar-refractivity contribution < 1.29 is 0 Å². The normalized spacial score (nSPS) is 16.5. The second-order valence-electron chi connectivity index (χ2n) is 7.83. The number of nitrogens with two attached hydrogens (primary N) is 1. The maximum Gasteiger partial charge on any atom is 0.154 e. The molecule has 2 aliphatic rings. The molecule has 4 aromatic rings. The molecule has 1 aliphatic heterocycles. The summed E-state index contributed by atoms with van der Waals surface area (Å²) in [6.07, 6.45) is 5.54. The minimum Gasteiger partial charge on any atom is -0.383 e. The van der Waals surface area contributed by atoms with Gasteiger partial charge in [0.25, 0.3) is 0 Å². The number of fused-ring (bicyclic) bond motifs is 6. The van der Waals surface area contributed by atoms with E-state index in [0.717, 1.165) is 23.2 Å². The Morgan fingerprint density at radius 2 is 1.77 bits per heavy atom. The van der Waals surface area contributed by atoms with Crippen LogP contribution in [0.25, 0.3) is 22.7 Å². The minimum atomic E-state index is 0.175. The van der Waals surface area contributed by atoms with E-state index in [2.05, 4.69) is 58.1 Å². The van der Waals surface area contributed by atoms with E-state index in [9.17, 15) is 0 Å². The standard InChI is InChI=1S/C26H20N4/c27-25(16-7-2-1-3-8-16)29-26(28)17-13-14-19-21-11-6-10-20-18-9-4-5-12-22(18)30(24(20)21)23(19)15-17/h1-10,12-15,21H,11H2,(H3,27,28,29). The molecular formula is C26H20N4. The lowest BCUT2D eigenvalue weighted by molar-refractivity contribution is 0.820. The van der Waals surface area contributed by atoms with Gasteiger partial charge in [0, 0.05) is 33.7 Å². The second kappa shape index (κ2) is 6.29. The number of nitrogens with one attached hydrogen (secondary N) is 1. The first-order valence-electron chi connectivity index (χ1n) is 10.1. The van der Waals surface area contributed by atoms with Crippen LogP contribution in [-0.2, 0) is 0 Å². The van der Waals surface area contributed by atoms with Crippen LogP contribution in [0.15, 0.2) is 83.9 Å². The molecule has 2 heterocycles. The van der Waals surface area contributed by atoms with Gasteiger partial charge in [-0.1, -0.05) is 72.8 Å². The Kier molecular flexibility index (Phi) is 3.56. The molecule has 1 atom stereocenters. The average molecular weight is 388 g/mol. The zero-order valence-electron chi connectivity index (χ0n) is 16.3. The lowest BCUT2D eigenvalue weighted by atomic mass is 9.87. The molecule has 3 N–H and O–H groups in total. The molecule has 0 fully saturated rings. The number of benzene rings is 3. The van der Waals surface area contributed by atoms with Crippen molar-refractivity contribution in [2.45, 2.75) is 12.3 Å². The summed E-state index contributed by atoms with van der Waals surface area (Å²) in [7, 11) is 0. The molecule has 30 heavy (non-hydrogen) atoms.